The van der Waals surface area contributed by atoms with Crippen molar-refractivity contribution in [3.8, 4) is 11.3 Å². The zero-order valence-electron chi connectivity index (χ0n) is 11.1. The molecule has 1 heterocycles. The van der Waals surface area contributed by atoms with E-state index in [9.17, 15) is 0 Å². The van der Waals surface area contributed by atoms with Crippen LogP contribution in [-0.4, -0.2) is 0 Å². The first-order chi connectivity index (χ1) is 10.2. The summed E-state index contributed by atoms with van der Waals surface area (Å²) >= 11 is 6.86. The lowest BCUT2D eigenvalue weighted by Crippen LogP contribution is -1.97. The van der Waals surface area contributed by atoms with Crippen LogP contribution in [0.15, 0.2) is 74.0 Å². The smallest absolute Gasteiger partial charge is 0.134 e. The SMILES string of the molecule is Brc1ccc(NCc2ccc(-c3ccc(Br)cc3)o2)cc1. The monoisotopic (exact) mass is 405 g/mol. The highest BCUT2D eigenvalue weighted by Gasteiger charge is 2.04. The van der Waals surface area contributed by atoms with Crippen LogP contribution in [0.2, 0.25) is 0 Å². The van der Waals surface area contributed by atoms with E-state index in [0.717, 1.165) is 31.7 Å². The quantitative estimate of drug-likeness (QED) is 0.567. The first kappa shape index (κ1) is 14.4. The summed E-state index contributed by atoms with van der Waals surface area (Å²) in [5, 5.41) is 3.34. The van der Waals surface area contributed by atoms with Crippen LogP contribution in [0.4, 0.5) is 5.69 Å². The van der Waals surface area contributed by atoms with E-state index >= 15 is 0 Å². The third kappa shape index (κ3) is 3.77. The van der Waals surface area contributed by atoms with Crippen molar-refractivity contribution in [3.05, 3.63) is 75.4 Å². The van der Waals surface area contributed by atoms with E-state index < -0.39 is 0 Å². The van der Waals surface area contributed by atoms with Gasteiger partial charge in [0.25, 0.3) is 0 Å². The third-order valence-electron chi connectivity index (χ3n) is 3.10. The number of benzene rings is 2. The molecule has 0 fully saturated rings. The Hall–Kier alpha value is -1.52. The van der Waals surface area contributed by atoms with Crippen molar-refractivity contribution in [2.45, 2.75) is 6.54 Å². The summed E-state index contributed by atoms with van der Waals surface area (Å²) in [6.07, 6.45) is 0. The zero-order chi connectivity index (χ0) is 14.7. The molecule has 1 aromatic heterocycles. The minimum atomic E-state index is 0.665. The van der Waals surface area contributed by atoms with Crippen LogP contribution < -0.4 is 5.32 Å². The van der Waals surface area contributed by atoms with Crippen LogP contribution >= 0.6 is 31.9 Å². The van der Waals surface area contributed by atoms with Gasteiger partial charge in [0.1, 0.15) is 11.5 Å². The van der Waals surface area contributed by atoms with Gasteiger partial charge in [-0.05, 0) is 48.5 Å². The number of rotatable bonds is 4. The molecule has 4 heteroatoms. The fourth-order valence-corrected chi connectivity index (χ4v) is 2.53. The minimum absolute atomic E-state index is 0.665. The van der Waals surface area contributed by atoms with Crippen molar-refractivity contribution in [3.63, 3.8) is 0 Å². The van der Waals surface area contributed by atoms with Crippen molar-refractivity contribution in [1.29, 1.82) is 0 Å². The maximum atomic E-state index is 5.87. The molecule has 0 saturated heterocycles. The fraction of sp³-hybridized carbons (Fsp3) is 0.0588. The van der Waals surface area contributed by atoms with Gasteiger partial charge < -0.3 is 9.73 Å². The van der Waals surface area contributed by atoms with Crippen molar-refractivity contribution in [2.24, 2.45) is 0 Å². The highest BCUT2D eigenvalue weighted by atomic mass is 79.9. The largest absolute Gasteiger partial charge is 0.459 e. The Bertz CT molecular complexity index is 717. The second-order valence-corrected chi connectivity index (χ2v) is 6.46. The van der Waals surface area contributed by atoms with Gasteiger partial charge >= 0.3 is 0 Å². The summed E-state index contributed by atoms with van der Waals surface area (Å²) in [5.74, 6) is 1.80. The normalized spacial score (nSPS) is 10.6. The molecule has 0 atom stereocenters. The molecule has 0 amide bonds. The molecule has 0 aliphatic rings. The summed E-state index contributed by atoms with van der Waals surface area (Å²) < 4.78 is 8.01. The predicted octanol–water partition coefficient (Wildman–Crippen LogP) is 6.08. The molecule has 0 spiro atoms. The molecule has 21 heavy (non-hydrogen) atoms. The lowest BCUT2D eigenvalue weighted by molar-refractivity contribution is 0.531. The van der Waals surface area contributed by atoms with E-state index in [1.165, 1.54) is 0 Å². The van der Waals surface area contributed by atoms with Gasteiger partial charge in [0.2, 0.25) is 0 Å². The Morgan fingerprint density at radius 1 is 0.762 bits per heavy atom. The number of halogens is 2. The summed E-state index contributed by atoms with van der Waals surface area (Å²) in [6.45, 7) is 0.665. The highest BCUT2D eigenvalue weighted by molar-refractivity contribution is 9.10. The summed E-state index contributed by atoms with van der Waals surface area (Å²) in [5.41, 5.74) is 2.15. The van der Waals surface area contributed by atoms with Gasteiger partial charge in [0.05, 0.1) is 6.54 Å². The average molecular weight is 407 g/mol. The number of nitrogens with one attached hydrogen (secondary N) is 1. The average Bonchev–Trinajstić information content (AvgIpc) is 2.96. The van der Waals surface area contributed by atoms with Gasteiger partial charge in [-0.15, -0.1) is 0 Å². The highest BCUT2D eigenvalue weighted by Crippen LogP contribution is 2.24. The number of anilines is 1. The molecular formula is C17H13Br2NO. The van der Waals surface area contributed by atoms with Gasteiger partial charge in [-0.3, -0.25) is 0 Å². The molecule has 2 nitrogen and oxygen atoms in total. The summed E-state index contributed by atoms with van der Waals surface area (Å²) in [6, 6.07) is 20.2. The molecule has 0 bridgehead atoms. The van der Waals surface area contributed by atoms with Crippen LogP contribution in [0, 0.1) is 0 Å². The second kappa shape index (κ2) is 6.50. The Morgan fingerprint density at radius 3 is 2.05 bits per heavy atom. The van der Waals surface area contributed by atoms with Crippen molar-refractivity contribution >= 4 is 37.5 Å². The van der Waals surface area contributed by atoms with E-state index in [0.29, 0.717) is 6.54 Å². The third-order valence-corrected chi connectivity index (χ3v) is 4.16. The second-order valence-electron chi connectivity index (χ2n) is 4.63. The zero-order valence-corrected chi connectivity index (χ0v) is 14.3. The molecule has 0 saturated carbocycles. The molecular weight excluding hydrogens is 394 g/mol. The molecule has 3 aromatic rings. The maximum absolute atomic E-state index is 5.87. The van der Waals surface area contributed by atoms with Gasteiger partial charge in [-0.1, -0.05) is 44.0 Å². The number of furan rings is 1. The Labute approximate surface area is 140 Å². The Morgan fingerprint density at radius 2 is 1.38 bits per heavy atom. The first-order valence-electron chi connectivity index (χ1n) is 6.55. The number of hydrogen-bond acceptors (Lipinski definition) is 2. The molecule has 0 aliphatic carbocycles. The first-order valence-corrected chi connectivity index (χ1v) is 8.13. The lowest BCUT2D eigenvalue weighted by atomic mass is 10.2. The van der Waals surface area contributed by atoms with Gasteiger partial charge in [0, 0.05) is 20.2 Å². The van der Waals surface area contributed by atoms with E-state index in [1.54, 1.807) is 0 Å². The minimum Gasteiger partial charge on any atom is -0.459 e. The van der Waals surface area contributed by atoms with Gasteiger partial charge in [-0.2, -0.15) is 0 Å². The lowest BCUT2D eigenvalue weighted by Gasteiger charge is -2.04. The van der Waals surface area contributed by atoms with Crippen LogP contribution in [0.5, 0.6) is 0 Å². The molecule has 0 aliphatic heterocycles. The summed E-state index contributed by atoms with van der Waals surface area (Å²) in [4.78, 5) is 0. The van der Waals surface area contributed by atoms with E-state index in [2.05, 4.69) is 37.2 Å². The van der Waals surface area contributed by atoms with Crippen LogP contribution in [0.3, 0.4) is 0 Å². The van der Waals surface area contributed by atoms with E-state index in [-0.39, 0.29) is 0 Å². The fourth-order valence-electron chi connectivity index (χ4n) is 2.00. The van der Waals surface area contributed by atoms with Crippen molar-refractivity contribution in [2.75, 3.05) is 5.32 Å². The molecule has 106 valence electrons. The van der Waals surface area contributed by atoms with Crippen LogP contribution in [-0.2, 0) is 6.54 Å². The summed E-state index contributed by atoms with van der Waals surface area (Å²) in [7, 11) is 0. The molecule has 0 unspecified atom stereocenters. The van der Waals surface area contributed by atoms with Crippen molar-refractivity contribution < 1.29 is 4.42 Å². The van der Waals surface area contributed by atoms with Gasteiger partial charge in [-0.25, -0.2) is 0 Å². The predicted molar refractivity (Wildman–Crippen MR) is 93.3 cm³/mol. The standard InChI is InChI=1S/C17H13Br2NO/c18-13-3-1-12(2-4-13)17-10-9-16(21-17)11-20-15-7-5-14(19)6-8-15/h1-10,20H,11H2. The van der Waals surface area contributed by atoms with Gasteiger partial charge in [0.15, 0.2) is 0 Å². The topological polar surface area (TPSA) is 25.2 Å². The van der Waals surface area contributed by atoms with Crippen LogP contribution in [0.25, 0.3) is 11.3 Å². The van der Waals surface area contributed by atoms with E-state index in [4.69, 9.17) is 4.42 Å². The Balaban J connectivity index is 1.67. The molecule has 0 radical (unpaired) electrons. The van der Waals surface area contributed by atoms with E-state index in [1.807, 2.05) is 60.7 Å². The number of hydrogen-bond donors (Lipinski definition) is 1. The molecule has 1 N–H and O–H groups in total. The van der Waals surface area contributed by atoms with Crippen molar-refractivity contribution in [1.82, 2.24) is 0 Å². The van der Waals surface area contributed by atoms with Crippen LogP contribution in [0.1, 0.15) is 5.76 Å². The maximum Gasteiger partial charge on any atom is 0.134 e. The molecule has 3 rings (SSSR count). The Kier molecular flexibility index (Phi) is 4.46. The molecule has 2 aromatic carbocycles.